The minimum atomic E-state index is -0.700. The highest BCUT2D eigenvalue weighted by atomic mass is 16.3. The largest absolute Gasteiger partial charge is 0.394 e. The van der Waals surface area contributed by atoms with Crippen molar-refractivity contribution in [3.63, 3.8) is 0 Å². The van der Waals surface area contributed by atoms with E-state index >= 15 is 0 Å². The van der Waals surface area contributed by atoms with Gasteiger partial charge in [0.15, 0.2) is 0 Å². The second-order valence-electron chi connectivity index (χ2n) is 3.03. The lowest BCUT2D eigenvalue weighted by Gasteiger charge is -2.13. The third kappa shape index (κ3) is 8.14. The van der Waals surface area contributed by atoms with Crippen LogP contribution in [0.3, 0.4) is 0 Å². The number of aliphatic hydroxyl groups is 3. The Balaban J connectivity index is 3.21. The van der Waals surface area contributed by atoms with Gasteiger partial charge in [-0.05, 0) is 25.8 Å². The van der Waals surface area contributed by atoms with E-state index in [0.717, 1.165) is 6.42 Å². The average molecular weight is 192 g/mol. The Morgan fingerprint density at radius 1 is 1.23 bits per heavy atom. The van der Waals surface area contributed by atoms with Gasteiger partial charge in [-0.15, -0.1) is 0 Å². The molecule has 5 heteroatoms. The summed E-state index contributed by atoms with van der Waals surface area (Å²) in [7, 11) is 0. The molecule has 5 nitrogen and oxygen atoms in total. The average Bonchev–Trinajstić information content (AvgIpc) is 2.14. The summed E-state index contributed by atoms with van der Waals surface area (Å²) in [6.45, 7) is 0.825. The van der Waals surface area contributed by atoms with Gasteiger partial charge in [-0.1, -0.05) is 0 Å². The first kappa shape index (κ1) is 12.8. The zero-order valence-electron chi connectivity index (χ0n) is 7.82. The summed E-state index contributed by atoms with van der Waals surface area (Å²) in [5.74, 6) is 0. The maximum Gasteiger partial charge on any atom is 0.104 e. The van der Waals surface area contributed by atoms with Crippen LogP contribution < -0.4 is 11.1 Å². The maximum absolute atomic E-state index is 9.26. The summed E-state index contributed by atoms with van der Waals surface area (Å²) in [6, 6.07) is 0. The molecule has 0 bridgehead atoms. The third-order valence-corrected chi connectivity index (χ3v) is 1.75. The van der Waals surface area contributed by atoms with Gasteiger partial charge < -0.3 is 21.1 Å². The number of hydrogen-bond acceptors (Lipinski definition) is 5. The van der Waals surface area contributed by atoms with Gasteiger partial charge in [-0.2, -0.15) is 0 Å². The standard InChI is InChI=1S/C8H20N2O3/c9-4-1-2-8(13)10-5-3-7(12)6-11/h7-8,10-13H,1-6,9H2/t7-,8?/m1/s1. The van der Waals surface area contributed by atoms with Crippen molar-refractivity contribution in [1.82, 2.24) is 5.32 Å². The Labute approximate surface area is 78.6 Å². The van der Waals surface area contributed by atoms with Crippen molar-refractivity contribution in [3.8, 4) is 0 Å². The van der Waals surface area contributed by atoms with Crippen molar-refractivity contribution in [2.45, 2.75) is 31.6 Å². The van der Waals surface area contributed by atoms with Crippen LogP contribution in [0, 0.1) is 0 Å². The van der Waals surface area contributed by atoms with Gasteiger partial charge in [0.25, 0.3) is 0 Å². The lowest BCUT2D eigenvalue weighted by molar-refractivity contribution is 0.0771. The van der Waals surface area contributed by atoms with Crippen LogP contribution >= 0.6 is 0 Å². The lowest BCUT2D eigenvalue weighted by Crippen LogP contribution is -2.32. The number of aliphatic hydroxyl groups excluding tert-OH is 3. The van der Waals surface area contributed by atoms with E-state index in [-0.39, 0.29) is 6.61 Å². The van der Waals surface area contributed by atoms with Crippen LogP contribution in [0.15, 0.2) is 0 Å². The van der Waals surface area contributed by atoms with Crippen molar-refractivity contribution < 1.29 is 15.3 Å². The van der Waals surface area contributed by atoms with Gasteiger partial charge in [-0.25, -0.2) is 0 Å². The number of nitrogens with two attached hydrogens (primary N) is 1. The predicted molar refractivity (Wildman–Crippen MR) is 50.0 cm³/mol. The van der Waals surface area contributed by atoms with Crippen LogP contribution in [0.2, 0.25) is 0 Å². The topological polar surface area (TPSA) is 98.7 Å². The molecule has 80 valence electrons. The van der Waals surface area contributed by atoms with Crippen LogP contribution in [0.4, 0.5) is 0 Å². The zero-order valence-corrected chi connectivity index (χ0v) is 7.82. The Morgan fingerprint density at radius 3 is 2.46 bits per heavy atom. The minimum Gasteiger partial charge on any atom is -0.394 e. The second kappa shape index (κ2) is 8.40. The van der Waals surface area contributed by atoms with Crippen LogP contribution in [0.1, 0.15) is 19.3 Å². The van der Waals surface area contributed by atoms with E-state index in [1.807, 2.05) is 0 Å². The molecule has 0 rings (SSSR count). The molecular weight excluding hydrogens is 172 g/mol. The molecule has 0 aromatic heterocycles. The first-order valence-corrected chi connectivity index (χ1v) is 4.61. The number of hydrogen-bond donors (Lipinski definition) is 5. The SMILES string of the molecule is NCCCC(O)NCC[C@@H](O)CO. The van der Waals surface area contributed by atoms with E-state index in [1.54, 1.807) is 0 Å². The maximum atomic E-state index is 9.26. The monoisotopic (exact) mass is 192 g/mol. The molecule has 0 aliphatic heterocycles. The van der Waals surface area contributed by atoms with E-state index in [2.05, 4.69) is 5.32 Å². The molecule has 0 radical (unpaired) electrons. The fraction of sp³-hybridized carbons (Fsp3) is 1.00. The van der Waals surface area contributed by atoms with Crippen molar-refractivity contribution in [2.75, 3.05) is 19.7 Å². The summed E-state index contributed by atoms with van der Waals surface area (Å²) < 4.78 is 0. The Bertz CT molecular complexity index is 114. The van der Waals surface area contributed by atoms with Crippen LogP contribution in [-0.2, 0) is 0 Å². The van der Waals surface area contributed by atoms with Crippen molar-refractivity contribution in [1.29, 1.82) is 0 Å². The molecule has 0 saturated heterocycles. The van der Waals surface area contributed by atoms with E-state index in [1.165, 1.54) is 0 Å². The van der Waals surface area contributed by atoms with E-state index in [9.17, 15) is 5.11 Å². The van der Waals surface area contributed by atoms with Crippen molar-refractivity contribution >= 4 is 0 Å². The predicted octanol–water partition coefficient (Wildman–Crippen LogP) is -1.62. The van der Waals surface area contributed by atoms with Crippen molar-refractivity contribution in [3.05, 3.63) is 0 Å². The molecule has 0 aromatic rings. The molecule has 0 saturated carbocycles. The first-order chi connectivity index (χ1) is 6.20. The van der Waals surface area contributed by atoms with Gasteiger partial charge in [0, 0.05) is 6.54 Å². The fourth-order valence-corrected chi connectivity index (χ4v) is 0.921. The van der Waals surface area contributed by atoms with Crippen LogP contribution in [0.5, 0.6) is 0 Å². The van der Waals surface area contributed by atoms with Gasteiger partial charge in [0.1, 0.15) is 6.23 Å². The molecule has 0 aliphatic carbocycles. The van der Waals surface area contributed by atoms with Gasteiger partial charge in [0.05, 0.1) is 12.7 Å². The summed E-state index contributed by atoms with van der Waals surface area (Å²) in [5.41, 5.74) is 5.26. The highest BCUT2D eigenvalue weighted by molar-refractivity contribution is 4.58. The highest BCUT2D eigenvalue weighted by Gasteiger charge is 2.04. The van der Waals surface area contributed by atoms with Gasteiger partial charge in [0.2, 0.25) is 0 Å². The second-order valence-corrected chi connectivity index (χ2v) is 3.03. The molecule has 6 N–H and O–H groups in total. The van der Waals surface area contributed by atoms with Crippen LogP contribution in [0.25, 0.3) is 0 Å². The quantitative estimate of drug-likeness (QED) is 0.298. The van der Waals surface area contributed by atoms with Crippen LogP contribution in [-0.4, -0.2) is 47.3 Å². The molecule has 0 amide bonds. The van der Waals surface area contributed by atoms with E-state index in [0.29, 0.717) is 25.9 Å². The Morgan fingerprint density at radius 2 is 1.92 bits per heavy atom. The summed E-state index contributed by atoms with van der Waals surface area (Å²) in [4.78, 5) is 0. The van der Waals surface area contributed by atoms with Gasteiger partial charge >= 0.3 is 0 Å². The highest BCUT2D eigenvalue weighted by Crippen LogP contribution is 1.93. The van der Waals surface area contributed by atoms with Gasteiger partial charge in [-0.3, -0.25) is 5.32 Å². The summed E-state index contributed by atoms with van der Waals surface area (Å²) in [6.07, 6.45) is 0.571. The number of nitrogens with one attached hydrogen (secondary N) is 1. The zero-order chi connectivity index (χ0) is 10.1. The molecule has 0 fully saturated rings. The molecular formula is C8H20N2O3. The molecule has 1 unspecified atom stereocenters. The normalized spacial score (nSPS) is 15.7. The molecule has 13 heavy (non-hydrogen) atoms. The molecule has 2 atom stereocenters. The molecule has 0 heterocycles. The summed E-state index contributed by atoms with van der Waals surface area (Å²) >= 11 is 0. The summed E-state index contributed by atoms with van der Waals surface area (Å²) in [5, 5.41) is 29.5. The van der Waals surface area contributed by atoms with E-state index in [4.69, 9.17) is 15.9 Å². The molecule has 0 aliphatic rings. The molecule has 0 spiro atoms. The Hall–Kier alpha value is -0.200. The first-order valence-electron chi connectivity index (χ1n) is 4.61. The van der Waals surface area contributed by atoms with E-state index < -0.39 is 12.3 Å². The lowest BCUT2D eigenvalue weighted by atomic mass is 10.2. The van der Waals surface area contributed by atoms with Crippen molar-refractivity contribution in [2.24, 2.45) is 5.73 Å². The minimum absolute atomic E-state index is 0.236. The number of rotatable bonds is 8. The third-order valence-electron chi connectivity index (χ3n) is 1.75. The fourth-order valence-electron chi connectivity index (χ4n) is 0.921. The smallest absolute Gasteiger partial charge is 0.104 e. The molecule has 0 aromatic carbocycles. The Kier molecular flexibility index (Phi) is 8.27.